The number of hydrogen-bond acceptors (Lipinski definition) is 3. The molecule has 0 aliphatic carbocycles. The Morgan fingerprint density at radius 1 is 1.22 bits per heavy atom. The molecule has 0 saturated carbocycles. The monoisotopic (exact) mass is 265 g/mol. The van der Waals surface area contributed by atoms with Crippen molar-refractivity contribution in [2.24, 2.45) is 7.05 Å². The number of benzene rings is 1. The predicted molar refractivity (Wildman–Crippen MR) is 69.7 cm³/mol. The van der Waals surface area contributed by atoms with Gasteiger partial charge < -0.3 is 14.0 Å². The van der Waals surface area contributed by atoms with Crippen LogP contribution in [-0.2, 0) is 12.9 Å². The molecule has 0 spiro atoms. The van der Waals surface area contributed by atoms with Crippen LogP contribution < -0.4 is 15.0 Å². The van der Waals surface area contributed by atoms with Crippen LogP contribution >= 0.6 is 11.6 Å². The Balaban J connectivity index is 2.34. The molecule has 1 aromatic heterocycles. The van der Waals surface area contributed by atoms with Crippen molar-refractivity contribution in [3.63, 3.8) is 0 Å². The zero-order valence-corrected chi connectivity index (χ0v) is 10.7. The van der Waals surface area contributed by atoms with Crippen LogP contribution in [0.2, 0.25) is 0 Å². The summed E-state index contributed by atoms with van der Waals surface area (Å²) in [7, 11) is 1.73. The van der Waals surface area contributed by atoms with Gasteiger partial charge in [-0.05, 0) is 12.1 Å². The number of nitrogens with zero attached hydrogens (tertiary/aromatic N) is 1. The van der Waals surface area contributed by atoms with Gasteiger partial charge in [0.2, 0.25) is 0 Å². The van der Waals surface area contributed by atoms with E-state index in [1.807, 2.05) is 18.2 Å². The standard InChI is InChI=1S/C13H12ClNO3/c1-15-10-6-12-11(17-2-3-18-12)5-8(10)4-9(7-14)13(15)16/h4-6H,2-3,7H2,1H3. The lowest BCUT2D eigenvalue weighted by atomic mass is 10.1. The number of aryl methyl sites for hydroxylation is 1. The van der Waals surface area contributed by atoms with Gasteiger partial charge in [-0.25, -0.2) is 0 Å². The Labute approximate surface area is 109 Å². The van der Waals surface area contributed by atoms with E-state index in [9.17, 15) is 4.79 Å². The van der Waals surface area contributed by atoms with E-state index in [1.165, 1.54) is 0 Å². The summed E-state index contributed by atoms with van der Waals surface area (Å²) in [5.74, 6) is 1.60. The van der Waals surface area contributed by atoms with Crippen molar-refractivity contribution in [2.45, 2.75) is 5.88 Å². The third-order valence-electron chi connectivity index (χ3n) is 3.11. The maximum Gasteiger partial charge on any atom is 0.255 e. The molecular formula is C13H12ClNO3. The second kappa shape index (κ2) is 4.21. The minimum Gasteiger partial charge on any atom is -0.486 e. The van der Waals surface area contributed by atoms with Crippen LogP contribution in [0, 0.1) is 0 Å². The van der Waals surface area contributed by atoms with Crippen molar-refractivity contribution in [3.05, 3.63) is 34.1 Å². The molecule has 5 heteroatoms. The summed E-state index contributed by atoms with van der Waals surface area (Å²) in [5, 5.41) is 0.928. The normalized spacial score (nSPS) is 13.9. The highest BCUT2D eigenvalue weighted by Crippen LogP contribution is 2.34. The lowest BCUT2D eigenvalue weighted by Crippen LogP contribution is -2.21. The van der Waals surface area contributed by atoms with Crippen molar-refractivity contribution in [1.29, 1.82) is 0 Å². The van der Waals surface area contributed by atoms with Gasteiger partial charge in [0.15, 0.2) is 11.5 Å². The fourth-order valence-corrected chi connectivity index (χ4v) is 2.36. The van der Waals surface area contributed by atoms with Crippen LogP contribution in [0.5, 0.6) is 11.5 Å². The van der Waals surface area contributed by atoms with Crippen LogP contribution in [0.15, 0.2) is 23.0 Å². The smallest absolute Gasteiger partial charge is 0.255 e. The van der Waals surface area contributed by atoms with Gasteiger partial charge in [-0.15, -0.1) is 11.6 Å². The number of halogens is 1. The molecule has 0 saturated heterocycles. The van der Waals surface area contributed by atoms with Gasteiger partial charge in [-0.3, -0.25) is 4.79 Å². The molecule has 1 aromatic carbocycles. The van der Waals surface area contributed by atoms with Gasteiger partial charge in [-0.2, -0.15) is 0 Å². The van der Waals surface area contributed by atoms with Crippen molar-refractivity contribution in [3.8, 4) is 11.5 Å². The van der Waals surface area contributed by atoms with Gasteiger partial charge in [0, 0.05) is 24.1 Å². The largest absolute Gasteiger partial charge is 0.486 e. The average molecular weight is 266 g/mol. The molecule has 0 radical (unpaired) electrons. The fourth-order valence-electron chi connectivity index (χ4n) is 2.17. The number of hydrogen-bond donors (Lipinski definition) is 0. The summed E-state index contributed by atoms with van der Waals surface area (Å²) in [6.07, 6.45) is 0. The highest BCUT2D eigenvalue weighted by Gasteiger charge is 2.15. The van der Waals surface area contributed by atoms with Gasteiger partial charge in [-0.1, -0.05) is 0 Å². The van der Waals surface area contributed by atoms with Crippen molar-refractivity contribution >= 4 is 22.5 Å². The maximum atomic E-state index is 12.0. The maximum absolute atomic E-state index is 12.0. The molecule has 3 rings (SSSR count). The lowest BCUT2D eigenvalue weighted by molar-refractivity contribution is 0.172. The summed E-state index contributed by atoms with van der Waals surface area (Å²) in [5.41, 5.74) is 1.33. The zero-order valence-electron chi connectivity index (χ0n) is 9.90. The van der Waals surface area contributed by atoms with E-state index in [4.69, 9.17) is 21.1 Å². The van der Waals surface area contributed by atoms with Crippen LogP contribution in [0.4, 0.5) is 0 Å². The second-order valence-corrected chi connectivity index (χ2v) is 4.49. The average Bonchev–Trinajstić information content (AvgIpc) is 2.41. The number of alkyl halides is 1. The molecule has 0 fully saturated rings. The molecule has 94 valence electrons. The van der Waals surface area contributed by atoms with Crippen LogP contribution in [0.25, 0.3) is 10.9 Å². The quantitative estimate of drug-likeness (QED) is 0.741. The molecule has 0 amide bonds. The minimum absolute atomic E-state index is 0.0748. The van der Waals surface area contributed by atoms with E-state index in [2.05, 4.69) is 0 Å². The third-order valence-corrected chi connectivity index (χ3v) is 3.39. The van der Waals surface area contributed by atoms with Crippen LogP contribution in [-0.4, -0.2) is 17.8 Å². The van der Waals surface area contributed by atoms with Crippen LogP contribution in [0.1, 0.15) is 5.56 Å². The summed E-state index contributed by atoms with van der Waals surface area (Å²) in [6.45, 7) is 1.08. The van der Waals surface area contributed by atoms with E-state index in [0.717, 1.165) is 10.9 Å². The molecule has 2 heterocycles. The Morgan fingerprint density at radius 3 is 2.56 bits per heavy atom. The first-order chi connectivity index (χ1) is 8.70. The predicted octanol–water partition coefficient (Wildman–Crippen LogP) is 2.05. The molecule has 18 heavy (non-hydrogen) atoms. The first kappa shape index (κ1) is 11.4. The summed E-state index contributed by atoms with van der Waals surface area (Å²) < 4.78 is 12.6. The van der Waals surface area contributed by atoms with E-state index in [0.29, 0.717) is 30.3 Å². The van der Waals surface area contributed by atoms with Gasteiger partial charge in [0.1, 0.15) is 13.2 Å². The van der Waals surface area contributed by atoms with E-state index >= 15 is 0 Å². The Bertz CT molecular complexity index is 678. The number of ether oxygens (including phenoxy) is 2. The van der Waals surface area contributed by atoms with E-state index in [-0.39, 0.29) is 11.4 Å². The summed E-state index contributed by atoms with van der Waals surface area (Å²) >= 11 is 5.78. The number of pyridine rings is 1. The molecule has 4 nitrogen and oxygen atoms in total. The molecule has 1 aliphatic rings. The third kappa shape index (κ3) is 1.64. The molecular weight excluding hydrogens is 254 g/mol. The first-order valence-electron chi connectivity index (χ1n) is 5.69. The highest BCUT2D eigenvalue weighted by molar-refractivity contribution is 6.17. The van der Waals surface area contributed by atoms with E-state index in [1.54, 1.807) is 11.6 Å². The molecule has 0 bridgehead atoms. The van der Waals surface area contributed by atoms with Gasteiger partial charge in [0.05, 0.1) is 11.4 Å². The summed E-state index contributed by atoms with van der Waals surface area (Å²) in [4.78, 5) is 12.0. The minimum atomic E-state index is -0.0748. The topological polar surface area (TPSA) is 40.5 Å². The first-order valence-corrected chi connectivity index (χ1v) is 6.22. The van der Waals surface area contributed by atoms with Gasteiger partial charge >= 0.3 is 0 Å². The second-order valence-electron chi connectivity index (χ2n) is 4.22. The Kier molecular flexibility index (Phi) is 2.67. The van der Waals surface area contributed by atoms with E-state index < -0.39 is 0 Å². The Hall–Kier alpha value is -1.68. The molecule has 0 unspecified atom stereocenters. The molecule has 0 atom stereocenters. The van der Waals surface area contributed by atoms with Crippen LogP contribution in [0.3, 0.4) is 0 Å². The number of rotatable bonds is 1. The lowest BCUT2D eigenvalue weighted by Gasteiger charge is -2.19. The fraction of sp³-hybridized carbons (Fsp3) is 0.308. The number of fused-ring (bicyclic) bond motifs is 2. The molecule has 2 aromatic rings. The highest BCUT2D eigenvalue weighted by atomic mass is 35.5. The zero-order chi connectivity index (χ0) is 12.7. The van der Waals surface area contributed by atoms with Crippen molar-refractivity contribution in [2.75, 3.05) is 13.2 Å². The molecule has 0 N–H and O–H groups in total. The van der Waals surface area contributed by atoms with Crippen molar-refractivity contribution < 1.29 is 9.47 Å². The molecule has 1 aliphatic heterocycles. The number of aromatic nitrogens is 1. The Morgan fingerprint density at radius 2 is 1.89 bits per heavy atom. The van der Waals surface area contributed by atoms with Crippen molar-refractivity contribution in [1.82, 2.24) is 4.57 Å². The SMILES string of the molecule is Cn1c(=O)c(CCl)cc2cc3c(cc21)OCCO3. The summed E-state index contributed by atoms with van der Waals surface area (Å²) in [6, 6.07) is 5.53. The van der Waals surface area contributed by atoms with Gasteiger partial charge in [0.25, 0.3) is 5.56 Å².